The van der Waals surface area contributed by atoms with E-state index in [1.165, 1.54) is 18.2 Å². The summed E-state index contributed by atoms with van der Waals surface area (Å²) >= 11 is 1.60. The lowest BCUT2D eigenvalue weighted by Crippen LogP contribution is -2.25. The maximum atomic E-state index is 13.9. The van der Waals surface area contributed by atoms with Crippen LogP contribution in [0.2, 0.25) is 0 Å². The molecule has 1 unspecified atom stereocenters. The van der Waals surface area contributed by atoms with Gasteiger partial charge in [0.25, 0.3) is 0 Å². The quantitative estimate of drug-likeness (QED) is 0.738. The molecule has 0 spiro atoms. The normalized spacial score (nSPS) is 12.3. The van der Waals surface area contributed by atoms with Gasteiger partial charge >= 0.3 is 0 Å². The Morgan fingerprint density at radius 2 is 1.76 bits per heavy atom. The Morgan fingerprint density at radius 3 is 2.43 bits per heavy atom. The smallest absolute Gasteiger partial charge is 0.128 e. The minimum atomic E-state index is -0.242. The van der Waals surface area contributed by atoms with Gasteiger partial charge in [-0.3, -0.25) is 0 Å². The van der Waals surface area contributed by atoms with Crippen molar-refractivity contribution in [2.75, 3.05) is 12.3 Å². The lowest BCUT2D eigenvalue weighted by atomic mass is 10.1. The Bertz CT molecular complexity index is 557. The summed E-state index contributed by atoms with van der Waals surface area (Å²) in [5.74, 6) is 0.270. The first-order chi connectivity index (χ1) is 10.2. The summed E-state index contributed by atoms with van der Waals surface area (Å²) in [6.07, 6.45) is 0.992. The molecule has 2 aromatic carbocycles. The Morgan fingerprint density at radius 1 is 1.05 bits per heavy atom. The molecule has 0 heterocycles. The maximum absolute atomic E-state index is 13.9. The molecule has 0 fully saturated rings. The summed E-state index contributed by atoms with van der Waals surface area (Å²) in [5.41, 5.74) is 0.681. The number of hydrogen-bond acceptors (Lipinski definition) is 2. The molecule has 112 valence electrons. The van der Waals surface area contributed by atoms with Crippen LogP contribution in [-0.4, -0.2) is 12.3 Å². The van der Waals surface area contributed by atoms with Crippen molar-refractivity contribution in [1.29, 1.82) is 0 Å². The average Bonchev–Trinajstić information content (AvgIpc) is 2.50. The highest BCUT2D eigenvalue weighted by Crippen LogP contribution is 2.26. The van der Waals surface area contributed by atoms with Crippen molar-refractivity contribution < 1.29 is 8.78 Å². The van der Waals surface area contributed by atoms with E-state index in [2.05, 4.69) is 12.2 Å². The fraction of sp³-hybridized carbons (Fsp3) is 0.294. The van der Waals surface area contributed by atoms with Gasteiger partial charge in [0.15, 0.2) is 0 Å². The molecule has 0 aliphatic heterocycles. The molecule has 0 amide bonds. The molecule has 2 rings (SSSR count). The van der Waals surface area contributed by atoms with E-state index in [9.17, 15) is 8.78 Å². The maximum Gasteiger partial charge on any atom is 0.128 e. The molecule has 0 aliphatic rings. The molecule has 1 nitrogen and oxygen atoms in total. The van der Waals surface area contributed by atoms with Gasteiger partial charge in [0.05, 0.1) is 0 Å². The first kappa shape index (κ1) is 16.0. The number of halogens is 2. The van der Waals surface area contributed by atoms with E-state index in [1.54, 1.807) is 30.0 Å². The van der Waals surface area contributed by atoms with E-state index in [0.29, 0.717) is 11.3 Å². The molecule has 0 aromatic heterocycles. The van der Waals surface area contributed by atoms with Crippen LogP contribution in [0, 0.1) is 11.6 Å². The molecular weight excluding hydrogens is 288 g/mol. The summed E-state index contributed by atoms with van der Waals surface area (Å²) in [6, 6.07) is 13.2. The van der Waals surface area contributed by atoms with Crippen molar-refractivity contribution in [1.82, 2.24) is 5.32 Å². The van der Waals surface area contributed by atoms with Crippen molar-refractivity contribution in [3.8, 4) is 0 Å². The summed E-state index contributed by atoms with van der Waals surface area (Å²) in [5, 5.41) is 3.37. The highest BCUT2D eigenvalue weighted by molar-refractivity contribution is 7.99. The third kappa shape index (κ3) is 4.83. The van der Waals surface area contributed by atoms with E-state index in [4.69, 9.17) is 0 Å². The van der Waals surface area contributed by atoms with Gasteiger partial charge in [0, 0.05) is 22.3 Å². The third-order valence-electron chi connectivity index (χ3n) is 3.15. The van der Waals surface area contributed by atoms with Gasteiger partial charge in [-0.2, -0.15) is 0 Å². The van der Waals surface area contributed by atoms with Gasteiger partial charge in [0.2, 0.25) is 0 Å². The van der Waals surface area contributed by atoms with Crippen LogP contribution < -0.4 is 5.32 Å². The number of benzene rings is 2. The largest absolute Gasteiger partial charge is 0.309 e. The first-order valence-electron chi connectivity index (χ1n) is 7.07. The lowest BCUT2D eigenvalue weighted by molar-refractivity contribution is 0.532. The van der Waals surface area contributed by atoms with Gasteiger partial charge < -0.3 is 5.32 Å². The minimum absolute atomic E-state index is 0.0544. The number of nitrogens with one attached hydrogen (secondary N) is 1. The second-order valence-corrected chi connectivity index (χ2v) is 5.89. The molecule has 0 saturated carbocycles. The van der Waals surface area contributed by atoms with Crippen LogP contribution in [0.3, 0.4) is 0 Å². The predicted molar refractivity (Wildman–Crippen MR) is 84.6 cm³/mol. The van der Waals surface area contributed by atoms with Crippen LogP contribution in [0.5, 0.6) is 0 Å². The van der Waals surface area contributed by atoms with Crippen LogP contribution in [-0.2, 0) is 0 Å². The zero-order chi connectivity index (χ0) is 15.1. The van der Waals surface area contributed by atoms with Gasteiger partial charge in [-0.15, -0.1) is 11.8 Å². The Balaban J connectivity index is 2.06. The van der Waals surface area contributed by atoms with Gasteiger partial charge in [-0.05, 0) is 43.3 Å². The van der Waals surface area contributed by atoms with E-state index < -0.39 is 0 Å². The third-order valence-corrected chi connectivity index (χ3v) is 4.26. The first-order valence-corrected chi connectivity index (χ1v) is 8.05. The molecule has 21 heavy (non-hydrogen) atoms. The van der Waals surface area contributed by atoms with Gasteiger partial charge in [0.1, 0.15) is 11.6 Å². The SMILES string of the molecule is CCCNC(CSc1ccc(F)cc1)c1ccccc1F. The van der Waals surface area contributed by atoms with E-state index in [-0.39, 0.29) is 17.7 Å². The Labute approximate surface area is 128 Å². The minimum Gasteiger partial charge on any atom is -0.309 e. The molecular formula is C17H19F2NS. The van der Waals surface area contributed by atoms with Crippen LogP contribution in [0.1, 0.15) is 24.9 Å². The molecule has 0 radical (unpaired) electrons. The number of rotatable bonds is 7. The zero-order valence-corrected chi connectivity index (χ0v) is 12.8. The molecule has 0 saturated heterocycles. The van der Waals surface area contributed by atoms with Crippen LogP contribution in [0.4, 0.5) is 8.78 Å². The van der Waals surface area contributed by atoms with Crippen molar-refractivity contribution in [3.63, 3.8) is 0 Å². The molecule has 4 heteroatoms. The average molecular weight is 307 g/mol. The predicted octanol–water partition coefficient (Wildman–Crippen LogP) is 4.80. The molecule has 1 N–H and O–H groups in total. The van der Waals surface area contributed by atoms with Crippen molar-refractivity contribution >= 4 is 11.8 Å². The highest BCUT2D eigenvalue weighted by atomic mass is 32.2. The fourth-order valence-electron chi connectivity index (χ4n) is 2.05. The summed E-state index contributed by atoms with van der Waals surface area (Å²) in [4.78, 5) is 0.982. The van der Waals surface area contributed by atoms with Crippen molar-refractivity contribution in [2.45, 2.75) is 24.3 Å². The Hall–Kier alpha value is -1.39. The molecule has 2 aromatic rings. The second-order valence-electron chi connectivity index (χ2n) is 4.79. The van der Waals surface area contributed by atoms with Crippen LogP contribution >= 0.6 is 11.8 Å². The number of thioether (sulfide) groups is 1. The van der Waals surface area contributed by atoms with E-state index in [0.717, 1.165) is 17.9 Å². The standard InChI is InChI=1S/C17H19F2NS/c1-2-11-20-17(15-5-3-4-6-16(15)19)12-21-14-9-7-13(18)8-10-14/h3-10,17,20H,2,11-12H2,1H3. The zero-order valence-electron chi connectivity index (χ0n) is 12.0. The summed E-state index contributed by atoms with van der Waals surface area (Å²) < 4.78 is 26.8. The fourth-order valence-corrected chi connectivity index (χ4v) is 3.03. The van der Waals surface area contributed by atoms with E-state index in [1.807, 2.05) is 12.1 Å². The molecule has 1 atom stereocenters. The summed E-state index contributed by atoms with van der Waals surface area (Å²) in [6.45, 7) is 2.92. The van der Waals surface area contributed by atoms with E-state index >= 15 is 0 Å². The van der Waals surface area contributed by atoms with Crippen LogP contribution in [0.15, 0.2) is 53.4 Å². The second kappa shape index (κ2) is 8.15. The number of hydrogen-bond donors (Lipinski definition) is 1. The van der Waals surface area contributed by atoms with Crippen LogP contribution in [0.25, 0.3) is 0 Å². The van der Waals surface area contributed by atoms with Crippen molar-refractivity contribution in [2.24, 2.45) is 0 Å². The van der Waals surface area contributed by atoms with Gasteiger partial charge in [-0.25, -0.2) is 8.78 Å². The van der Waals surface area contributed by atoms with Crippen molar-refractivity contribution in [3.05, 3.63) is 65.7 Å². The topological polar surface area (TPSA) is 12.0 Å². The summed E-state index contributed by atoms with van der Waals surface area (Å²) in [7, 11) is 0. The van der Waals surface area contributed by atoms with Gasteiger partial charge in [-0.1, -0.05) is 25.1 Å². The lowest BCUT2D eigenvalue weighted by Gasteiger charge is -2.19. The highest BCUT2D eigenvalue weighted by Gasteiger charge is 2.15. The molecule has 0 bridgehead atoms. The Kier molecular flexibility index (Phi) is 6.21. The molecule has 0 aliphatic carbocycles. The monoisotopic (exact) mass is 307 g/mol.